The predicted octanol–water partition coefficient (Wildman–Crippen LogP) is 5.85. The van der Waals surface area contributed by atoms with Gasteiger partial charge in [-0.3, -0.25) is 9.78 Å². The highest BCUT2D eigenvalue weighted by atomic mass is 32.1. The van der Waals surface area contributed by atoms with Gasteiger partial charge in [-0.1, -0.05) is 60.7 Å². The molecule has 0 spiro atoms. The lowest BCUT2D eigenvalue weighted by molar-refractivity contribution is 0.0833. The van der Waals surface area contributed by atoms with Crippen LogP contribution in [0, 0.1) is 0 Å². The zero-order valence-corrected chi connectivity index (χ0v) is 16.6. The minimum atomic E-state index is 0.00467. The van der Waals surface area contributed by atoms with Gasteiger partial charge < -0.3 is 4.90 Å². The van der Waals surface area contributed by atoms with Crippen LogP contribution >= 0.6 is 11.3 Å². The highest BCUT2D eigenvalue weighted by Gasteiger charge is 2.22. The van der Waals surface area contributed by atoms with Crippen molar-refractivity contribution in [3.8, 4) is 32.8 Å². The molecule has 0 aliphatic heterocycles. The standard InChI is InChI=1S/C24H20N2OS/c1-26(2)24(27)23-20(16-22(28-23)21-14-8-9-15-25-21)19-13-7-6-12-18(19)17-10-4-3-5-11-17/h3-16H,1-2H3. The summed E-state index contributed by atoms with van der Waals surface area (Å²) in [5.74, 6) is 0.00467. The van der Waals surface area contributed by atoms with E-state index in [0.717, 1.165) is 37.7 Å². The van der Waals surface area contributed by atoms with Gasteiger partial charge in [0, 0.05) is 25.9 Å². The minimum absolute atomic E-state index is 0.00467. The summed E-state index contributed by atoms with van der Waals surface area (Å²) in [5, 5.41) is 0. The van der Waals surface area contributed by atoms with E-state index >= 15 is 0 Å². The van der Waals surface area contributed by atoms with Gasteiger partial charge in [0.15, 0.2) is 0 Å². The highest BCUT2D eigenvalue weighted by molar-refractivity contribution is 7.18. The Morgan fingerprint density at radius 2 is 1.50 bits per heavy atom. The Bertz CT molecular complexity index is 1100. The zero-order chi connectivity index (χ0) is 19.5. The number of pyridine rings is 1. The number of hydrogen-bond acceptors (Lipinski definition) is 3. The van der Waals surface area contributed by atoms with Crippen molar-refractivity contribution in [2.45, 2.75) is 0 Å². The summed E-state index contributed by atoms with van der Waals surface area (Å²) in [7, 11) is 3.57. The van der Waals surface area contributed by atoms with E-state index < -0.39 is 0 Å². The van der Waals surface area contributed by atoms with Gasteiger partial charge in [-0.05, 0) is 34.9 Å². The fourth-order valence-corrected chi connectivity index (χ4v) is 4.35. The fourth-order valence-electron chi connectivity index (χ4n) is 3.18. The van der Waals surface area contributed by atoms with Crippen molar-refractivity contribution in [3.05, 3.63) is 89.9 Å². The first-order chi connectivity index (χ1) is 13.6. The molecule has 0 N–H and O–H groups in total. The monoisotopic (exact) mass is 384 g/mol. The van der Waals surface area contributed by atoms with Crippen molar-refractivity contribution in [1.29, 1.82) is 0 Å². The van der Waals surface area contributed by atoms with Crippen LogP contribution < -0.4 is 0 Å². The molecule has 0 fully saturated rings. The lowest BCUT2D eigenvalue weighted by Crippen LogP contribution is -2.21. The number of carbonyl (C=O) groups is 1. The molecule has 1 amide bonds. The van der Waals surface area contributed by atoms with E-state index in [1.165, 1.54) is 11.3 Å². The van der Waals surface area contributed by atoms with E-state index in [0.29, 0.717) is 0 Å². The Morgan fingerprint density at radius 1 is 0.821 bits per heavy atom. The number of nitrogens with zero attached hydrogens (tertiary/aromatic N) is 2. The predicted molar refractivity (Wildman–Crippen MR) is 116 cm³/mol. The summed E-state index contributed by atoms with van der Waals surface area (Å²) in [6.45, 7) is 0. The van der Waals surface area contributed by atoms with E-state index in [1.807, 2.05) is 48.5 Å². The van der Waals surface area contributed by atoms with Gasteiger partial charge in [-0.15, -0.1) is 11.3 Å². The van der Waals surface area contributed by atoms with Crippen LogP contribution in [0.15, 0.2) is 85.1 Å². The summed E-state index contributed by atoms with van der Waals surface area (Å²) in [4.78, 5) is 20.8. The van der Waals surface area contributed by atoms with Gasteiger partial charge in [0.2, 0.25) is 0 Å². The van der Waals surface area contributed by atoms with Crippen LogP contribution in [-0.4, -0.2) is 29.9 Å². The smallest absolute Gasteiger partial charge is 0.264 e. The Morgan fingerprint density at radius 3 is 2.18 bits per heavy atom. The molecule has 0 unspecified atom stereocenters. The lowest BCUT2D eigenvalue weighted by atomic mass is 9.94. The molecule has 2 aromatic carbocycles. The van der Waals surface area contributed by atoms with Crippen LogP contribution in [-0.2, 0) is 0 Å². The van der Waals surface area contributed by atoms with Crippen LogP contribution in [0.5, 0.6) is 0 Å². The van der Waals surface area contributed by atoms with Gasteiger partial charge in [0.25, 0.3) is 5.91 Å². The van der Waals surface area contributed by atoms with E-state index in [9.17, 15) is 4.79 Å². The topological polar surface area (TPSA) is 33.2 Å². The minimum Gasteiger partial charge on any atom is -0.344 e. The second-order valence-electron chi connectivity index (χ2n) is 6.68. The molecule has 0 aliphatic rings. The van der Waals surface area contributed by atoms with E-state index in [1.54, 1.807) is 25.2 Å². The molecule has 4 rings (SSSR count). The molecule has 0 atom stereocenters. The first-order valence-electron chi connectivity index (χ1n) is 9.07. The average Bonchev–Trinajstić information content (AvgIpc) is 3.19. The van der Waals surface area contributed by atoms with Crippen LogP contribution in [0.2, 0.25) is 0 Å². The van der Waals surface area contributed by atoms with Crippen molar-refractivity contribution in [3.63, 3.8) is 0 Å². The molecule has 0 saturated heterocycles. The first-order valence-corrected chi connectivity index (χ1v) is 9.88. The van der Waals surface area contributed by atoms with E-state index in [4.69, 9.17) is 0 Å². The lowest BCUT2D eigenvalue weighted by Gasteiger charge is -2.13. The summed E-state index contributed by atoms with van der Waals surface area (Å²) in [5.41, 5.74) is 5.12. The Labute approximate surface area is 168 Å². The van der Waals surface area contributed by atoms with Crippen molar-refractivity contribution in [1.82, 2.24) is 9.88 Å². The normalized spacial score (nSPS) is 10.6. The average molecular weight is 385 g/mol. The number of rotatable bonds is 4. The van der Waals surface area contributed by atoms with E-state index in [2.05, 4.69) is 35.3 Å². The molecule has 138 valence electrons. The van der Waals surface area contributed by atoms with Gasteiger partial charge in [0.1, 0.15) is 4.88 Å². The van der Waals surface area contributed by atoms with Crippen molar-refractivity contribution in [2.75, 3.05) is 14.1 Å². The summed E-state index contributed by atoms with van der Waals surface area (Å²) in [6.07, 6.45) is 1.78. The molecule has 0 aliphatic carbocycles. The quantitative estimate of drug-likeness (QED) is 0.442. The number of carbonyl (C=O) groups excluding carboxylic acids is 1. The van der Waals surface area contributed by atoms with Crippen LogP contribution in [0.3, 0.4) is 0 Å². The number of amides is 1. The molecular formula is C24H20N2OS. The molecule has 0 radical (unpaired) electrons. The Balaban J connectivity index is 1.93. The van der Waals surface area contributed by atoms with Crippen molar-refractivity contribution >= 4 is 17.2 Å². The Kier molecular flexibility index (Phi) is 5.04. The first kappa shape index (κ1) is 18.1. The van der Waals surface area contributed by atoms with Gasteiger partial charge in [-0.2, -0.15) is 0 Å². The number of thiophene rings is 1. The molecule has 2 heterocycles. The second-order valence-corrected chi connectivity index (χ2v) is 7.73. The van der Waals surface area contributed by atoms with E-state index in [-0.39, 0.29) is 5.91 Å². The van der Waals surface area contributed by atoms with Crippen LogP contribution in [0.25, 0.3) is 32.8 Å². The van der Waals surface area contributed by atoms with Crippen molar-refractivity contribution < 1.29 is 4.79 Å². The summed E-state index contributed by atoms with van der Waals surface area (Å²) in [6, 6.07) is 26.4. The molecular weight excluding hydrogens is 364 g/mol. The molecule has 0 bridgehead atoms. The van der Waals surface area contributed by atoms with Crippen LogP contribution in [0.4, 0.5) is 0 Å². The third kappa shape index (κ3) is 3.47. The molecule has 4 heteroatoms. The van der Waals surface area contributed by atoms with Gasteiger partial charge in [-0.25, -0.2) is 0 Å². The summed E-state index contributed by atoms with van der Waals surface area (Å²) >= 11 is 1.49. The summed E-state index contributed by atoms with van der Waals surface area (Å²) < 4.78 is 0. The largest absolute Gasteiger partial charge is 0.344 e. The number of hydrogen-bond donors (Lipinski definition) is 0. The maximum atomic E-state index is 12.9. The highest BCUT2D eigenvalue weighted by Crippen LogP contribution is 2.41. The third-order valence-corrected chi connectivity index (χ3v) is 5.70. The molecule has 28 heavy (non-hydrogen) atoms. The second kappa shape index (κ2) is 7.79. The van der Waals surface area contributed by atoms with Gasteiger partial charge in [0.05, 0.1) is 10.6 Å². The maximum absolute atomic E-state index is 12.9. The SMILES string of the molecule is CN(C)C(=O)c1sc(-c2ccccn2)cc1-c1ccccc1-c1ccccc1. The fraction of sp³-hybridized carbons (Fsp3) is 0.0833. The molecule has 3 nitrogen and oxygen atoms in total. The van der Waals surface area contributed by atoms with Gasteiger partial charge >= 0.3 is 0 Å². The zero-order valence-electron chi connectivity index (χ0n) is 15.8. The Hall–Kier alpha value is -3.24. The molecule has 2 aromatic heterocycles. The molecule has 4 aromatic rings. The van der Waals surface area contributed by atoms with Crippen LogP contribution in [0.1, 0.15) is 9.67 Å². The third-order valence-electron chi connectivity index (χ3n) is 4.55. The van der Waals surface area contributed by atoms with Crippen molar-refractivity contribution in [2.24, 2.45) is 0 Å². The number of aromatic nitrogens is 1. The number of benzene rings is 2. The molecule has 0 saturated carbocycles. The maximum Gasteiger partial charge on any atom is 0.264 e.